The van der Waals surface area contributed by atoms with E-state index in [1.54, 1.807) is 7.11 Å². The zero-order valence-corrected chi connectivity index (χ0v) is 6.60. The largest absolute Gasteiger partial charge is 0.366 e. The molecule has 0 saturated carbocycles. The van der Waals surface area contributed by atoms with Crippen LogP contribution in [0.2, 0.25) is 0 Å². The molecule has 0 heterocycles. The van der Waals surface area contributed by atoms with Crippen molar-refractivity contribution < 1.29 is 9.53 Å². The monoisotopic (exact) mass is 143 g/mol. The third kappa shape index (κ3) is 5.31. The molecule has 0 aromatic carbocycles. The lowest BCUT2D eigenvalue weighted by Gasteiger charge is -2.02. The average Bonchev–Trinajstić information content (AvgIpc) is 1.82. The molecule has 0 radical (unpaired) electrons. The van der Waals surface area contributed by atoms with E-state index < -0.39 is 0 Å². The Bertz CT molecular complexity index is 141. The second-order valence-corrected chi connectivity index (χ2v) is 2.05. The molecule has 0 unspecified atom stereocenters. The van der Waals surface area contributed by atoms with Gasteiger partial charge in [-0.2, -0.15) is 0 Å². The molecule has 0 rings (SSSR count). The molecule has 0 spiro atoms. The van der Waals surface area contributed by atoms with E-state index in [1.165, 1.54) is 13.0 Å². The summed E-state index contributed by atoms with van der Waals surface area (Å²) in [6, 6.07) is 0. The summed E-state index contributed by atoms with van der Waals surface area (Å²) in [5, 5.41) is 2.88. The molecule has 0 aliphatic carbocycles. The quantitative estimate of drug-likeness (QED) is 0.464. The fraction of sp³-hybridized carbons (Fsp3) is 0.571. The number of carbonyl (C=O) groups is 1. The van der Waals surface area contributed by atoms with Gasteiger partial charge in [0.05, 0.1) is 0 Å². The van der Waals surface area contributed by atoms with Gasteiger partial charge in [-0.3, -0.25) is 4.79 Å². The van der Waals surface area contributed by atoms with Gasteiger partial charge < -0.3 is 10.1 Å². The number of carbonyl (C=O) groups excluding carboxylic acids is 1. The first-order chi connectivity index (χ1) is 4.66. The van der Waals surface area contributed by atoms with E-state index in [2.05, 4.69) is 5.32 Å². The van der Waals surface area contributed by atoms with Crippen molar-refractivity contribution in [3.05, 3.63) is 11.8 Å². The van der Waals surface area contributed by atoms with E-state index in [0.29, 0.717) is 6.73 Å². The molecule has 0 amide bonds. The third-order valence-electron chi connectivity index (χ3n) is 0.915. The molecule has 0 saturated heterocycles. The lowest BCUT2D eigenvalue weighted by atomic mass is 10.3. The summed E-state index contributed by atoms with van der Waals surface area (Å²) in [6.45, 7) is 3.77. The van der Waals surface area contributed by atoms with Crippen molar-refractivity contribution in [2.24, 2.45) is 0 Å². The van der Waals surface area contributed by atoms with Crippen LogP contribution in [0.4, 0.5) is 0 Å². The Kier molecular flexibility index (Phi) is 4.58. The molecule has 58 valence electrons. The molecule has 0 atom stereocenters. The number of rotatable bonds is 4. The highest BCUT2D eigenvalue weighted by Gasteiger charge is 1.88. The first-order valence-corrected chi connectivity index (χ1v) is 3.08. The van der Waals surface area contributed by atoms with E-state index in [1.807, 2.05) is 6.92 Å². The van der Waals surface area contributed by atoms with Crippen LogP contribution >= 0.6 is 0 Å². The summed E-state index contributed by atoms with van der Waals surface area (Å²) in [6.07, 6.45) is 1.53. The van der Waals surface area contributed by atoms with E-state index in [9.17, 15) is 4.79 Å². The first kappa shape index (κ1) is 9.17. The highest BCUT2D eigenvalue weighted by atomic mass is 16.5. The van der Waals surface area contributed by atoms with Crippen LogP contribution in [0.25, 0.3) is 0 Å². The normalized spacial score (nSPS) is 11.3. The van der Waals surface area contributed by atoms with Crippen molar-refractivity contribution in [1.29, 1.82) is 0 Å². The fourth-order valence-corrected chi connectivity index (χ4v) is 0.542. The van der Waals surface area contributed by atoms with Gasteiger partial charge in [-0.05, 0) is 19.9 Å². The number of ketones is 1. The molecular formula is C7H13NO2. The Morgan fingerprint density at radius 2 is 2.20 bits per heavy atom. The number of nitrogens with one attached hydrogen (secondary N) is 1. The number of hydrogen-bond donors (Lipinski definition) is 1. The van der Waals surface area contributed by atoms with Gasteiger partial charge in [-0.1, -0.05) is 0 Å². The van der Waals surface area contributed by atoms with Crippen LogP contribution in [-0.4, -0.2) is 19.6 Å². The van der Waals surface area contributed by atoms with Crippen LogP contribution in [0.3, 0.4) is 0 Å². The van der Waals surface area contributed by atoms with Crippen LogP contribution < -0.4 is 5.32 Å². The van der Waals surface area contributed by atoms with Gasteiger partial charge in [-0.25, -0.2) is 0 Å². The topological polar surface area (TPSA) is 38.3 Å². The smallest absolute Gasteiger partial charge is 0.154 e. The third-order valence-corrected chi connectivity index (χ3v) is 0.915. The first-order valence-electron chi connectivity index (χ1n) is 3.08. The zero-order chi connectivity index (χ0) is 7.98. The minimum Gasteiger partial charge on any atom is -0.366 e. The minimum atomic E-state index is 0.0427. The molecule has 0 aliphatic rings. The molecule has 0 aromatic rings. The van der Waals surface area contributed by atoms with E-state index in [4.69, 9.17) is 4.74 Å². The lowest BCUT2D eigenvalue weighted by Crippen LogP contribution is -2.14. The SMILES string of the molecule is COCN/C(C)=C\C(C)=O. The molecule has 0 aliphatic heterocycles. The predicted octanol–water partition coefficient (Wildman–Crippen LogP) is 0.673. The maximum atomic E-state index is 10.5. The molecule has 10 heavy (non-hydrogen) atoms. The van der Waals surface area contributed by atoms with Crippen molar-refractivity contribution in [3.8, 4) is 0 Å². The Balaban J connectivity index is 3.60. The van der Waals surface area contributed by atoms with Gasteiger partial charge in [0.25, 0.3) is 0 Å². The maximum Gasteiger partial charge on any atom is 0.154 e. The number of hydrogen-bond acceptors (Lipinski definition) is 3. The molecule has 0 bridgehead atoms. The van der Waals surface area contributed by atoms with Crippen molar-refractivity contribution >= 4 is 5.78 Å². The molecule has 3 heteroatoms. The van der Waals surface area contributed by atoms with Crippen LogP contribution in [0.1, 0.15) is 13.8 Å². The summed E-state index contributed by atoms with van der Waals surface area (Å²) < 4.78 is 4.73. The van der Waals surface area contributed by atoms with Crippen molar-refractivity contribution in [1.82, 2.24) is 5.32 Å². The standard InChI is InChI=1S/C7H13NO2/c1-6(4-7(2)9)8-5-10-3/h4,8H,5H2,1-3H3/b6-4-. The molecule has 3 nitrogen and oxygen atoms in total. The highest BCUT2D eigenvalue weighted by Crippen LogP contribution is 1.85. The molecular weight excluding hydrogens is 130 g/mol. The number of ether oxygens (including phenoxy) is 1. The van der Waals surface area contributed by atoms with E-state index in [0.717, 1.165) is 5.70 Å². The van der Waals surface area contributed by atoms with Crippen LogP contribution in [0.5, 0.6) is 0 Å². The Labute approximate surface area is 61.1 Å². The second-order valence-electron chi connectivity index (χ2n) is 2.05. The van der Waals surface area contributed by atoms with E-state index in [-0.39, 0.29) is 5.78 Å². The fourth-order valence-electron chi connectivity index (χ4n) is 0.542. The summed E-state index contributed by atoms with van der Waals surface area (Å²) in [4.78, 5) is 10.5. The highest BCUT2D eigenvalue weighted by molar-refractivity contribution is 5.87. The Morgan fingerprint density at radius 3 is 2.60 bits per heavy atom. The predicted molar refractivity (Wildman–Crippen MR) is 39.4 cm³/mol. The zero-order valence-electron chi connectivity index (χ0n) is 6.60. The summed E-state index contributed by atoms with van der Waals surface area (Å²) in [7, 11) is 1.59. The van der Waals surface area contributed by atoms with Crippen molar-refractivity contribution in [3.63, 3.8) is 0 Å². The van der Waals surface area contributed by atoms with Gasteiger partial charge in [-0.15, -0.1) is 0 Å². The Hall–Kier alpha value is -0.830. The van der Waals surface area contributed by atoms with Crippen molar-refractivity contribution in [2.75, 3.05) is 13.8 Å². The van der Waals surface area contributed by atoms with Crippen LogP contribution in [-0.2, 0) is 9.53 Å². The molecule has 1 N–H and O–H groups in total. The maximum absolute atomic E-state index is 10.5. The van der Waals surface area contributed by atoms with Gasteiger partial charge in [0.1, 0.15) is 6.73 Å². The number of allylic oxidation sites excluding steroid dienone is 2. The second kappa shape index (κ2) is 4.99. The number of methoxy groups -OCH3 is 1. The van der Waals surface area contributed by atoms with Gasteiger partial charge >= 0.3 is 0 Å². The summed E-state index contributed by atoms with van der Waals surface area (Å²) in [5.41, 5.74) is 0.828. The lowest BCUT2D eigenvalue weighted by molar-refractivity contribution is -0.112. The molecule has 0 aromatic heterocycles. The average molecular weight is 143 g/mol. The van der Waals surface area contributed by atoms with Gasteiger partial charge in [0.15, 0.2) is 5.78 Å². The van der Waals surface area contributed by atoms with Crippen molar-refractivity contribution in [2.45, 2.75) is 13.8 Å². The van der Waals surface area contributed by atoms with Crippen LogP contribution in [0, 0.1) is 0 Å². The van der Waals surface area contributed by atoms with E-state index >= 15 is 0 Å². The van der Waals surface area contributed by atoms with Crippen LogP contribution in [0.15, 0.2) is 11.8 Å². The summed E-state index contributed by atoms with van der Waals surface area (Å²) in [5.74, 6) is 0.0427. The van der Waals surface area contributed by atoms with Gasteiger partial charge in [0.2, 0.25) is 0 Å². The Morgan fingerprint density at radius 1 is 1.60 bits per heavy atom. The molecule has 0 fully saturated rings. The summed E-state index contributed by atoms with van der Waals surface area (Å²) >= 11 is 0. The minimum absolute atomic E-state index is 0.0427. The van der Waals surface area contributed by atoms with Gasteiger partial charge in [0, 0.05) is 12.8 Å².